The Hall–Kier alpha value is -1.31. The van der Waals surface area contributed by atoms with Crippen LogP contribution in [0.5, 0.6) is 5.75 Å². The minimum Gasteiger partial charge on any atom is -0.494 e. The number of carbonyl (C=O) groups is 1. The summed E-state index contributed by atoms with van der Waals surface area (Å²) in [7, 11) is 0. The van der Waals surface area contributed by atoms with Gasteiger partial charge in [-0.05, 0) is 42.9 Å². The molecule has 0 amide bonds. The zero-order valence-electron chi connectivity index (χ0n) is 13.4. The van der Waals surface area contributed by atoms with Crippen molar-refractivity contribution in [2.75, 3.05) is 6.61 Å². The summed E-state index contributed by atoms with van der Waals surface area (Å²) in [6, 6.07) is 8.17. The van der Waals surface area contributed by atoms with Crippen LogP contribution in [0.1, 0.15) is 70.3 Å². The lowest BCUT2D eigenvalue weighted by Gasteiger charge is -2.27. The van der Waals surface area contributed by atoms with Gasteiger partial charge >= 0.3 is 0 Å². The van der Waals surface area contributed by atoms with Crippen molar-refractivity contribution in [1.82, 2.24) is 0 Å². The number of rotatable bonds is 7. The van der Waals surface area contributed by atoms with E-state index in [0.717, 1.165) is 43.6 Å². The first-order valence-electron chi connectivity index (χ1n) is 8.50. The summed E-state index contributed by atoms with van der Waals surface area (Å²) in [5.74, 6) is 2.08. The Morgan fingerprint density at radius 1 is 1.10 bits per heavy atom. The van der Waals surface area contributed by atoms with E-state index < -0.39 is 0 Å². The summed E-state index contributed by atoms with van der Waals surface area (Å²) in [4.78, 5) is 12.3. The highest BCUT2D eigenvalue weighted by molar-refractivity contribution is 5.86. The SMILES string of the molecule is CCCCOc1ccc(C2CCC(CCC)CC2=O)cc1. The molecule has 1 aliphatic rings. The van der Waals surface area contributed by atoms with Gasteiger partial charge in [0.25, 0.3) is 0 Å². The molecule has 0 saturated heterocycles. The fourth-order valence-corrected chi connectivity index (χ4v) is 3.23. The highest BCUT2D eigenvalue weighted by atomic mass is 16.5. The number of unbranched alkanes of at least 4 members (excludes halogenated alkanes) is 1. The molecule has 0 spiro atoms. The molecule has 1 fully saturated rings. The molecule has 0 bridgehead atoms. The van der Waals surface area contributed by atoms with Crippen molar-refractivity contribution in [2.24, 2.45) is 5.92 Å². The summed E-state index contributed by atoms with van der Waals surface area (Å²) in [5, 5.41) is 0. The van der Waals surface area contributed by atoms with Crippen molar-refractivity contribution < 1.29 is 9.53 Å². The lowest BCUT2D eigenvalue weighted by atomic mass is 9.76. The van der Waals surface area contributed by atoms with Crippen LogP contribution in [0.4, 0.5) is 0 Å². The highest BCUT2D eigenvalue weighted by Gasteiger charge is 2.28. The van der Waals surface area contributed by atoms with Crippen molar-refractivity contribution >= 4 is 5.78 Å². The minimum atomic E-state index is 0.114. The maximum absolute atomic E-state index is 12.3. The molecule has 116 valence electrons. The lowest BCUT2D eigenvalue weighted by Crippen LogP contribution is -2.23. The molecule has 0 aliphatic heterocycles. The summed E-state index contributed by atoms with van der Waals surface area (Å²) in [5.41, 5.74) is 1.16. The highest BCUT2D eigenvalue weighted by Crippen LogP contribution is 2.35. The number of benzene rings is 1. The van der Waals surface area contributed by atoms with Gasteiger partial charge in [-0.15, -0.1) is 0 Å². The second kappa shape index (κ2) is 8.21. The fourth-order valence-electron chi connectivity index (χ4n) is 3.23. The molecule has 2 atom stereocenters. The Kier molecular flexibility index (Phi) is 6.28. The van der Waals surface area contributed by atoms with Gasteiger partial charge in [0.2, 0.25) is 0 Å². The van der Waals surface area contributed by atoms with E-state index in [2.05, 4.69) is 26.0 Å². The number of hydrogen-bond acceptors (Lipinski definition) is 2. The van der Waals surface area contributed by atoms with E-state index in [1.807, 2.05) is 12.1 Å². The molecule has 2 unspecified atom stereocenters. The van der Waals surface area contributed by atoms with Crippen LogP contribution in [0.2, 0.25) is 0 Å². The van der Waals surface area contributed by atoms with Gasteiger partial charge in [-0.25, -0.2) is 0 Å². The molecular formula is C19H28O2. The molecule has 1 aromatic carbocycles. The van der Waals surface area contributed by atoms with E-state index in [4.69, 9.17) is 4.74 Å². The normalized spacial score (nSPS) is 22.3. The fraction of sp³-hybridized carbons (Fsp3) is 0.632. The van der Waals surface area contributed by atoms with Crippen LogP contribution in [0.25, 0.3) is 0 Å². The molecule has 2 rings (SSSR count). The first-order chi connectivity index (χ1) is 10.2. The standard InChI is InChI=1S/C19H28O2/c1-3-5-13-21-17-10-8-16(9-11-17)18-12-7-15(6-4-2)14-19(18)20/h8-11,15,18H,3-7,12-14H2,1-2H3. The van der Waals surface area contributed by atoms with Gasteiger partial charge in [-0.1, -0.05) is 45.2 Å². The molecule has 1 aromatic rings. The van der Waals surface area contributed by atoms with E-state index in [1.54, 1.807) is 0 Å². The second-order valence-electron chi connectivity index (χ2n) is 6.23. The first kappa shape index (κ1) is 16.1. The maximum Gasteiger partial charge on any atom is 0.140 e. The zero-order valence-corrected chi connectivity index (χ0v) is 13.4. The van der Waals surface area contributed by atoms with Crippen molar-refractivity contribution in [3.8, 4) is 5.75 Å². The molecule has 21 heavy (non-hydrogen) atoms. The molecule has 1 aliphatic carbocycles. The number of carbonyl (C=O) groups excluding carboxylic acids is 1. The monoisotopic (exact) mass is 288 g/mol. The van der Waals surface area contributed by atoms with Crippen LogP contribution < -0.4 is 4.74 Å². The molecule has 0 aromatic heterocycles. The Morgan fingerprint density at radius 3 is 2.48 bits per heavy atom. The number of ether oxygens (including phenoxy) is 1. The quantitative estimate of drug-likeness (QED) is 0.651. The van der Waals surface area contributed by atoms with Gasteiger partial charge in [0, 0.05) is 12.3 Å². The lowest BCUT2D eigenvalue weighted by molar-refractivity contribution is -0.123. The van der Waals surface area contributed by atoms with Gasteiger partial charge in [0.15, 0.2) is 0 Å². The van der Waals surface area contributed by atoms with Crippen molar-refractivity contribution in [1.29, 1.82) is 0 Å². The number of Topliss-reactive ketones (excluding diaryl/α,β-unsaturated/α-hetero) is 1. The van der Waals surface area contributed by atoms with Crippen LogP contribution >= 0.6 is 0 Å². The molecule has 0 radical (unpaired) electrons. The first-order valence-corrected chi connectivity index (χ1v) is 8.50. The maximum atomic E-state index is 12.3. The molecule has 0 heterocycles. The molecule has 0 N–H and O–H groups in total. The molecule has 1 saturated carbocycles. The van der Waals surface area contributed by atoms with E-state index >= 15 is 0 Å². The van der Waals surface area contributed by atoms with Crippen LogP contribution in [0.15, 0.2) is 24.3 Å². The Bertz CT molecular complexity index is 435. The van der Waals surface area contributed by atoms with Crippen LogP contribution in [0.3, 0.4) is 0 Å². The van der Waals surface area contributed by atoms with E-state index in [9.17, 15) is 4.79 Å². The predicted molar refractivity (Wildman–Crippen MR) is 86.8 cm³/mol. The third-order valence-electron chi connectivity index (χ3n) is 4.49. The van der Waals surface area contributed by atoms with Crippen molar-refractivity contribution in [3.05, 3.63) is 29.8 Å². The van der Waals surface area contributed by atoms with Crippen molar-refractivity contribution in [2.45, 2.75) is 64.7 Å². The smallest absolute Gasteiger partial charge is 0.140 e. The largest absolute Gasteiger partial charge is 0.494 e. The average molecular weight is 288 g/mol. The number of hydrogen-bond donors (Lipinski definition) is 0. The topological polar surface area (TPSA) is 26.3 Å². The van der Waals surface area contributed by atoms with E-state index in [1.165, 1.54) is 19.3 Å². The molecule has 2 heteroatoms. The van der Waals surface area contributed by atoms with Crippen LogP contribution in [-0.2, 0) is 4.79 Å². The van der Waals surface area contributed by atoms with E-state index in [0.29, 0.717) is 11.7 Å². The average Bonchev–Trinajstić information content (AvgIpc) is 2.49. The van der Waals surface area contributed by atoms with Gasteiger partial charge in [-0.2, -0.15) is 0 Å². The Labute approximate surface area is 128 Å². The summed E-state index contributed by atoms with van der Waals surface area (Å²) in [6.45, 7) is 5.14. The third-order valence-corrected chi connectivity index (χ3v) is 4.49. The molecular weight excluding hydrogens is 260 g/mol. The summed E-state index contributed by atoms with van der Waals surface area (Å²) < 4.78 is 5.68. The van der Waals surface area contributed by atoms with Gasteiger partial charge in [0.05, 0.1) is 6.61 Å². The van der Waals surface area contributed by atoms with Crippen LogP contribution in [-0.4, -0.2) is 12.4 Å². The molecule has 2 nitrogen and oxygen atoms in total. The van der Waals surface area contributed by atoms with Crippen LogP contribution in [0, 0.1) is 5.92 Å². The second-order valence-corrected chi connectivity index (χ2v) is 6.23. The Balaban J connectivity index is 1.91. The van der Waals surface area contributed by atoms with Crippen molar-refractivity contribution in [3.63, 3.8) is 0 Å². The predicted octanol–water partition coefficient (Wildman–Crippen LogP) is 5.12. The Morgan fingerprint density at radius 2 is 1.86 bits per heavy atom. The number of ketones is 1. The summed E-state index contributed by atoms with van der Waals surface area (Å²) in [6.07, 6.45) is 7.59. The van der Waals surface area contributed by atoms with Gasteiger partial charge in [0.1, 0.15) is 11.5 Å². The third kappa shape index (κ3) is 4.59. The summed E-state index contributed by atoms with van der Waals surface area (Å²) >= 11 is 0. The zero-order chi connectivity index (χ0) is 15.1. The van der Waals surface area contributed by atoms with Gasteiger partial charge in [-0.3, -0.25) is 4.79 Å². The van der Waals surface area contributed by atoms with Gasteiger partial charge < -0.3 is 4.74 Å². The minimum absolute atomic E-state index is 0.114. The van der Waals surface area contributed by atoms with E-state index in [-0.39, 0.29) is 5.92 Å².